The Morgan fingerprint density at radius 3 is 1.53 bits per heavy atom. The van der Waals surface area contributed by atoms with Crippen molar-refractivity contribution in [3.63, 3.8) is 0 Å². The van der Waals surface area contributed by atoms with Crippen molar-refractivity contribution in [2.75, 3.05) is 0 Å². The molecule has 0 aliphatic heterocycles. The maximum atomic E-state index is 14.8. The Morgan fingerprint density at radius 1 is 0.667 bits per heavy atom. The normalized spacial score (nSPS) is 23.9. The van der Waals surface area contributed by atoms with E-state index in [4.69, 9.17) is 0 Å². The van der Waals surface area contributed by atoms with Crippen LogP contribution in [0.1, 0.15) is 11.1 Å². The molecular weight excluding hydrogens is 538 g/mol. The Labute approximate surface area is 189 Å². The summed E-state index contributed by atoms with van der Waals surface area (Å²) in [5.74, 6) is -43.6. The van der Waals surface area contributed by atoms with Crippen molar-refractivity contribution >= 4 is 22.3 Å². The number of ketones is 1. The average molecular weight is 545 g/mol. The lowest BCUT2D eigenvalue weighted by molar-refractivity contribution is -0.475. The molecule has 0 unspecified atom stereocenters. The highest BCUT2D eigenvalue weighted by Gasteiger charge is 3.02. The van der Waals surface area contributed by atoms with Gasteiger partial charge >= 0.3 is 41.5 Å². The van der Waals surface area contributed by atoms with Crippen LogP contribution >= 0.6 is 0 Å². The summed E-state index contributed by atoms with van der Waals surface area (Å²) >= 11 is 0. The van der Waals surface area contributed by atoms with Gasteiger partial charge in [-0.15, -0.1) is 0 Å². The highest BCUT2D eigenvalue weighted by molar-refractivity contribution is 6.05. The molecule has 2 nitrogen and oxygen atoms in total. The van der Waals surface area contributed by atoms with Crippen LogP contribution in [0.4, 0.5) is 61.5 Å². The molecule has 0 bridgehead atoms. The average Bonchev–Trinajstić information content (AvgIpc) is 2.75. The fourth-order valence-electron chi connectivity index (χ4n) is 3.59. The molecule has 1 aliphatic carbocycles. The van der Waals surface area contributed by atoms with Crippen molar-refractivity contribution < 1.29 is 71.4 Å². The third-order valence-corrected chi connectivity index (χ3v) is 5.54. The van der Waals surface area contributed by atoms with Gasteiger partial charge in [0.1, 0.15) is 0 Å². The SMILES string of the molecule is O=C(/C=C(\[O-])c1ccc(C(F)(F)F)c2ccccc12)C1(F)C(F)(F)C(F)(F)C(F)(F)C(F)(F)C1(F)F. The topological polar surface area (TPSA) is 40.1 Å². The summed E-state index contributed by atoms with van der Waals surface area (Å²) in [6, 6.07) is 4.03. The van der Waals surface area contributed by atoms with Gasteiger partial charge in [-0.3, -0.25) is 4.79 Å². The van der Waals surface area contributed by atoms with E-state index in [9.17, 15) is 71.4 Å². The van der Waals surface area contributed by atoms with Gasteiger partial charge in [0.05, 0.1) is 5.56 Å². The second-order valence-electron chi connectivity index (χ2n) is 7.61. The molecule has 0 saturated heterocycles. The molecule has 0 heterocycles. The summed E-state index contributed by atoms with van der Waals surface area (Å²) in [6.07, 6.45) is -6.16. The van der Waals surface area contributed by atoms with Crippen molar-refractivity contribution in [3.8, 4) is 0 Å². The maximum absolute atomic E-state index is 14.8. The molecular formula is C20H7F14O2-. The monoisotopic (exact) mass is 545 g/mol. The lowest BCUT2D eigenvalue weighted by Gasteiger charge is -2.51. The van der Waals surface area contributed by atoms with Crippen LogP contribution in [0.2, 0.25) is 0 Å². The molecule has 0 aromatic heterocycles. The number of halogens is 14. The van der Waals surface area contributed by atoms with Gasteiger partial charge in [0, 0.05) is 0 Å². The summed E-state index contributed by atoms with van der Waals surface area (Å²) in [7, 11) is 0. The number of rotatable bonds is 3. The molecule has 0 spiro atoms. The minimum atomic E-state index is -7.56. The van der Waals surface area contributed by atoms with E-state index >= 15 is 0 Å². The van der Waals surface area contributed by atoms with Gasteiger partial charge in [0.15, 0.2) is 0 Å². The van der Waals surface area contributed by atoms with Crippen LogP contribution in [0.5, 0.6) is 0 Å². The van der Waals surface area contributed by atoms with Crippen LogP contribution in [0.3, 0.4) is 0 Å². The van der Waals surface area contributed by atoms with Crippen molar-refractivity contribution in [2.45, 2.75) is 41.5 Å². The first-order valence-electron chi connectivity index (χ1n) is 9.12. The van der Waals surface area contributed by atoms with Crippen molar-refractivity contribution in [1.82, 2.24) is 0 Å². The second kappa shape index (κ2) is 7.47. The van der Waals surface area contributed by atoms with Crippen LogP contribution in [-0.2, 0) is 11.0 Å². The van der Waals surface area contributed by atoms with Gasteiger partial charge < -0.3 is 5.11 Å². The molecule has 0 amide bonds. The largest absolute Gasteiger partial charge is 0.872 e. The van der Waals surface area contributed by atoms with Crippen LogP contribution in [0.25, 0.3) is 16.5 Å². The molecule has 2 aromatic rings. The Bertz CT molecular complexity index is 1230. The van der Waals surface area contributed by atoms with E-state index in [-0.39, 0.29) is 12.1 Å². The first-order chi connectivity index (χ1) is 16.0. The van der Waals surface area contributed by atoms with E-state index in [1.54, 1.807) is 0 Å². The van der Waals surface area contributed by atoms with Gasteiger partial charge in [0.25, 0.3) is 0 Å². The fourth-order valence-corrected chi connectivity index (χ4v) is 3.59. The molecule has 0 N–H and O–H groups in total. The van der Waals surface area contributed by atoms with Crippen molar-refractivity contribution in [2.24, 2.45) is 0 Å². The number of hydrogen-bond donors (Lipinski definition) is 0. The van der Waals surface area contributed by atoms with E-state index < -0.39 is 81.0 Å². The maximum Gasteiger partial charge on any atom is 0.417 e. The molecule has 0 atom stereocenters. The zero-order valence-corrected chi connectivity index (χ0v) is 16.6. The number of benzene rings is 2. The van der Waals surface area contributed by atoms with Crippen LogP contribution < -0.4 is 5.11 Å². The second-order valence-corrected chi connectivity index (χ2v) is 7.61. The third kappa shape index (κ3) is 3.07. The minimum absolute atomic E-state index is 0.200. The number of carbonyl (C=O) groups is 1. The Kier molecular flexibility index (Phi) is 5.71. The lowest BCUT2D eigenvalue weighted by Crippen LogP contribution is -2.85. The number of allylic oxidation sites excluding steroid dienone is 1. The number of alkyl halides is 14. The van der Waals surface area contributed by atoms with Gasteiger partial charge in [-0.05, 0) is 28.5 Å². The van der Waals surface area contributed by atoms with Crippen LogP contribution in [0, 0.1) is 0 Å². The van der Waals surface area contributed by atoms with Gasteiger partial charge in [-0.25, -0.2) is 4.39 Å². The highest BCUT2D eigenvalue weighted by atomic mass is 19.4. The molecule has 2 aromatic carbocycles. The standard InChI is InChI=1S/C20H8F14O2/c21-14(16(25,26)18(29,30)20(33,34)19(31,32)17(14,27)28)13(36)7-12(35)10-5-6-11(15(22,23)24)9-4-2-1-3-8(9)10/h1-7,35H/p-1/b12-7-. The third-order valence-electron chi connectivity index (χ3n) is 5.54. The predicted octanol–water partition coefficient (Wildman–Crippen LogP) is 6.03. The Balaban J connectivity index is 2.25. The van der Waals surface area contributed by atoms with Gasteiger partial charge in [-0.1, -0.05) is 36.1 Å². The van der Waals surface area contributed by atoms with E-state index in [1.165, 1.54) is 0 Å². The molecule has 1 aliphatic rings. The van der Waals surface area contributed by atoms with Crippen LogP contribution in [-0.4, -0.2) is 41.1 Å². The highest BCUT2D eigenvalue weighted by Crippen LogP contribution is 2.69. The van der Waals surface area contributed by atoms with E-state index in [2.05, 4.69) is 0 Å². The molecule has 3 rings (SSSR count). The summed E-state index contributed by atoms with van der Waals surface area (Å²) in [5, 5.41) is 10.8. The zero-order valence-electron chi connectivity index (χ0n) is 16.6. The van der Waals surface area contributed by atoms with E-state index in [0.29, 0.717) is 0 Å². The Morgan fingerprint density at radius 2 is 1.08 bits per heavy atom. The lowest BCUT2D eigenvalue weighted by atomic mass is 9.70. The summed E-state index contributed by atoms with van der Waals surface area (Å²) < 4.78 is 191. The number of hydrogen-bond acceptors (Lipinski definition) is 2. The molecule has 0 radical (unpaired) electrons. The predicted molar refractivity (Wildman–Crippen MR) is 90.5 cm³/mol. The summed E-state index contributed by atoms with van der Waals surface area (Å²) in [4.78, 5) is 12.0. The van der Waals surface area contributed by atoms with Gasteiger partial charge in [0.2, 0.25) is 5.78 Å². The summed E-state index contributed by atoms with van der Waals surface area (Å²) in [5.41, 5.74) is -9.55. The van der Waals surface area contributed by atoms with Crippen LogP contribution in [0.15, 0.2) is 42.5 Å². The first-order valence-corrected chi connectivity index (χ1v) is 9.12. The quantitative estimate of drug-likeness (QED) is 0.269. The summed E-state index contributed by atoms with van der Waals surface area (Å²) in [6.45, 7) is 0. The van der Waals surface area contributed by atoms with Crippen molar-refractivity contribution in [1.29, 1.82) is 0 Å². The smallest absolute Gasteiger partial charge is 0.417 e. The Hall–Kier alpha value is -3.07. The molecule has 36 heavy (non-hydrogen) atoms. The minimum Gasteiger partial charge on any atom is -0.872 e. The van der Waals surface area contributed by atoms with E-state index in [0.717, 1.165) is 24.3 Å². The molecule has 1 fully saturated rings. The molecule has 1 saturated carbocycles. The number of carbonyl (C=O) groups excluding carboxylic acids is 1. The molecule has 198 valence electrons. The van der Waals surface area contributed by atoms with Gasteiger partial charge in [-0.2, -0.15) is 57.1 Å². The van der Waals surface area contributed by atoms with Crippen molar-refractivity contribution in [3.05, 3.63) is 53.6 Å². The molecule has 16 heteroatoms. The number of fused-ring (bicyclic) bond motifs is 1. The zero-order chi connectivity index (χ0) is 27.9. The van der Waals surface area contributed by atoms with E-state index in [1.807, 2.05) is 0 Å². The fraction of sp³-hybridized carbons (Fsp3) is 0.350. The first kappa shape index (κ1) is 27.5.